The number of nitrogens with one attached hydrogen (secondary N) is 1. The van der Waals surface area contributed by atoms with Gasteiger partial charge >= 0.3 is 0 Å². The molecule has 1 heterocycles. The molecule has 0 bridgehead atoms. The highest BCUT2D eigenvalue weighted by atomic mass is 127. The van der Waals surface area contributed by atoms with Crippen molar-refractivity contribution in [1.29, 1.82) is 0 Å². The first-order valence-corrected chi connectivity index (χ1v) is 9.63. The zero-order chi connectivity index (χ0) is 18.6. The van der Waals surface area contributed by atoms with E-state index in [9.17, 15) is 5.11 Å². The fraction of sp³-hybridized carbons (Fsp3) is 0.650. The highest BCUT2D eigenvalue weighted by Crippen LogP contribution is 2.16. The summed E-state index contributed by atoms with van der Waals surface area (Å²) in [5.41, 5.74) is 1.11. The van der Waals surface area contributed by atoms with Gasteiger partial charge in [0, 0.05) is 32.2 Å². The van der Waals surface area contributed by atoms with Gasteiger partial charge < -0.3 is 24.8 Å². The predicted molar refractivity (Wildman–Crippen MR) is 120 cm³/mol. The van der Waals surface area contributed by atoms with Gasteiger partial charge in [0.15, 0.2) is 5.96 Å². The van der Waals surface area contributed by atoms with Crippen LogP contribution in [0.1, 0.15) is 25.8 Å². The fourth-order valence-corrected chi connectivity index (χ4v) is 3.00. The second-order valence-electron chi connectivity index (χ2n) is 6.61. The SMILES string of the molecule is CCNC(=NCC(O)COCc1ccccc1)N1CCC(COCC)C1.I. The van der Waals surface area contributed by atoms with Crippen molar-refractivity contribution >= 4 is 29.9 Å². The van der Waals surface area contributed by atoms with Crippen LogP contribution >= 0.6 is 24.0 Å². The molecular weight excluding hydrogens is 457 g/mol. The zero-order valence-corrected chi connectivity index (χ0v) is 18.8. The number of guanidine groups is 1. The Morgan fingerprint density at radius 1 is 1.30 bits per heavy atom. The van der Waals surface area contributed by atoms with E-state index in [-0.39, 0.29) is 30.6 Å². The van der Waals surface area contributed by atoms with Crippen molar-refractivity contribution in [2.75, 3.05) is 46.0 Å². The van der Waals surface area contributed by atoms with Gasteiger partial charge in [0.05, 0.1) is 32.5 Å². The molecule has 154 valence electrons. The largest absolute Gasteiger partial charge is 0.389 e. The number of benzene rings is 1. The molecular formula is C20H34IN3O3. The molecule has 1 aliphatic heterocycles. The lowest BCUT2D eigenvalue weighted by atomic mass is 10.1. The zero-order valence-electron chi connectivity index (χ0n) is 16.5. The Morgan fingerprint density at radius 2 is 2.07 bits per heavy atom. The number of likely N-dealkylation sites (tertiary alicyclic amines) is 1. The van der Waals surface area contributed by atoms with Gasteiger partial charge in [-0.3, -0.25) is 4.99 Å². The quantitative estimate of drug-likeness (QED) is 0.299. The molecule has 0 spiro atoms. The van der Waals surface area contributed by atoms with Crippen molar-refractivity contribution in [3.63, 3.8) is 0 Å². The number of nitrogens with zero attached hydrogens (tertiary/aromatic N) is 2. The highest BCUT2D eigenvalue weighted by molar-refractivity contribution is 14.0. The van der Waals surface area contributed by atoms with Crippen LogP contribution in [0.2, 0.25) is 0 Å². The Morgan fingerprint density at radius 3 is 2.78 bits per heavy atom. The van der Waals surface area contributed by atoms with Crippen LogP contribution in [-0.4, -0.2) is 68.1 Å². The molecule has 1 aromatic carbocycles. The maximum atomic E-state index is 10.2. The van der Waals surface area contributed by atoms with E-state index in [1.54, 1.807) is 0 Å². The first-order valence-electron chi connectivity index (χ1n) is 9.63. The van der Waals surface area contributed by atoms with E-state index in [1.165, 1.54) is 0 Å². The van der Waals surface area contributed by atoms with Gasteiger partial charge in [0.2, 0.25) is 0 Å². The summed E-state index contributed by atoms with van der Waals surface area (Å²) < 4.78 is 11.1. The fourth-order valence-electron chi connectivity index (χ4n) is 3.00. The second-order valence-corrected chi connectivity index (χ2v) is 6.61. The minimum absolute atomic E-state index is 0. The lowest BCUT2D eigenvalue weighted by molar-refractivity contribution is 0.0330. The number of aliphatic hydroxyl groups is 1. The van der Waals surface area contributed by atoms with E-state index < -0.39 is 6.10 Å². The van der Waals surface area contributed by atoms with E-state index in [1.807, 2.05) is 37.3 Å². The lowest BCUT2D eigenvalue weighted by Crippen LogP contribution is -2.41. The molecule has 2 atom stereocenters. The number of hydrogen-bond acceptors (Lipinski definition) is 4. The van der Waals surface area contributed by atoms with E-state index in [0.29, 0.717) is 19.1 Å². The summed E-state index contributed by atoms with van der Waals surface area (Å²) in [6, 6.07) is 9.97. The van der Waals surface area contributed by atoms with Gasteiger partial charge in [-0.15, -0.1) is 24.0 Å². The van der Waals surface area contributed by atoms with Crippen LogP contribution in [0.3, 0.4) is 0 Å². The molecule has 1 aliphatic rings. The maximum Gasteiger partial charge on any atom is 0.194 e. The third-order valence-corrected chi connectivity index (χ3v) is 4.35. The van der Waals surface area contributed by atoms with E-state index in [0.717, 1.165) is 50.8 Å². The lowest BCUT2D eigenvalue weighted by Gasteiger charge is -2.22. The third kappa shape index (κ3) is 9.23. The van der Waals surface area contributed by atoms with Gasteiger partial charge in [-0.1, -0.05) is 30.3 Å². The Hall–Kier alpha value is -0.900. The molecule has 2 N–H and O–H groups in total. The first-order chi connectivity index (χ1) is 12.7. The summed E-state index contributed by atoms with van der Waals surface area (Å²) in [4.78, 5) is 6.85. The molecule has 1 fully saturated rings. The molecule has 0 aromatic heterocycles. The summed E-state index contributed by atoms with van der Waals surface area (Å²) in [7, 11) is 0. The number of hydrogen-bond donors (Lipinski definition) is 2. The van der Waals surface area contributed by atoms with Gasteiger partial charge in [-0.25, -0.2) is 0 Å². The average Bonchev–Trinajstić information content (AvgIpc) is 3.13. The Labute approximate surface area is 180 Å². The van der Waals surface area contributed by atoms with Gasteiger partial charge in [0.1, 0.15) is 0 Å². The number of halogens is 1. The van der Waals surface area contributed by atoms with Crippen molar-refractivity contribution in [2.45, 2.75) is 33.0 Å². The number of rotatable bonds is 10. The number of aliphatic imine (C=N–C) groups is 1. The summed E-state index contributed by atoms with van der Waals surface area (Å²) in [5.74, 6) is 1.42. The monoisotopic (exact) mass is 491 g/mol. The average molecular weight is 491 g/mol. The van der Waals surface area contributed by atoms with Crippen LogP contribution in [0.15, 0.2) is 35.3 Å². The normalized spacial score (nSPS) is 18.3. The van der Waals surface area contributed by atoms with Gasteiger partial charge in [-0.2, -0.15) is 0 Å². The van der Waals surface area contributed by atoms with Crippen LogP contribution in [0, 0.1) is 5.92 Å². The summed E-state index contributed by atoms with van der Waals surface area (Å²) in [5, 5.41) is 13.5. The first kappa shape index (κ1) is 24.1. The van der Waals surface area contributed by atoms with Crippen LogP contribution in [-0.2, 0) is 16.1 Å². The molecule has 0 aliphatic carbocycles. The Kier molecular flexibility index (Phi) is 12.6. The molecule has 0 amide bonds. The molecule has 1 saturated heterocycles. The minimum Gasteiger partial charge on any atom is -0.389 e. The molecule has 7 heteroatoms. The van der Waals surface area contributed by atoms with Crippen molar-refractivity contribution in [3.05, 3.63) is 35.9 Å². The molecule has 6 nitrogen and oxygen atoms in total. The van der Waals surface area contributed by atoms with Crippen LogP contribution in [0.4, 0.5) is 0 Å². The van der Waals surface area contributed by atoms with Gasteiger partial charge in [-0.05, 0) is 25.8 Å². The number of aliphatic hydroxyl groups excluding tert-OH is 1. The molecule has 2 rings (SSSR count). The van der Waals surface area contributed by atoms with Crippen LogP contribution in [0.25, 0.3) is 0 Å². The maximum absolute atomic E-state index is 10.2. The summed E-state index contributed by atoms with van der Waals surface area (Å²) >= 11 is 0. The van der Waals surface area contributed by atoms with E-state index >= 15 is 0 Å². The van der Waals surface area contributed by atoms with Crippen molar-refractivity contribution < 1.29 is 14.6 Å². The van der Waals surface area contributed by atoms with Crippen molar-refractivity contribution in [1.82, 2.24) is 10.2 Å². The molecule has 0 saturated carbocycles. The molecule has 2 unspecified atom stereocenters. The highest BCUT2D eigenvalue weighted by Gasteiger charge is 2.25. The molecule has 27 heavy (non-hydrogen) atoms. The van der Waals surface area contributed by atoms with Gasteiger partial charge in [0.25, 0.3) is 0 Å². The van der Waals surface area contributed by atoms with E-state index in [4.69, 9.17) is 9.47 Å². The topological polar surface area (TPSA) is 66.3 Å². The summed E-state index contributed by atoms with van der Waals surface area (Å²) in [6.07, 6.45) is 0.516. The summed E-state index contributed by atoms with van der Waals surface area (Å²) in [6.45, 7) is 9.52. The Bertz CT molecular complexity index is 530. The standard InChI is InChI=1S/C20H33N3O3.HI/c1-3-21-20(23-11-10-18(13-23)15-25-4-2)22-12-19(24)16-26-14-17-8-6-5-7-9-17;/h5-9,18-19,24H,3-4,10-16H2,1-2H3,(H,21,22);1H. The van der Waals surface area contributed by atoms with Crippen molar-refractivity contribution in [3.8, 4) is 0 Å². The smallest absolute Gasteiger partial charge is 0.194 e. The molecule has 1 aromatic rings. The molecule has 0 radical (unpaired) electrons. The minimum atomic E-state index is -0.603. The van der Waals surface area contributed by atoms with E-state index in [2.05, 4.69) is 22.1 Å². The Balaban J connectivity index is 0.00000364. The second kappa shape index (κ2) is 14.1. The number of ether oxygens (including phenoxy) is 2. The third-order valence-electron chi connectivity index (χ3n) is 4.35. The van der Waals surface area contributed by atoms with Crippen LogP contribution in [0.5, 0.6) is 0 Å². The predicted octanol–water partition coefficient (Wildman–Crippen LogP) is 2.51. The van der Waals surface area contributed by atoms with Crippen molar-refractivity contribution in [2.24, 2.45) is 10.9 Å². The van der Waals surface area contributed by atoms with Crippen LogP contribution < -0.4 is 5.32 Å².